The summed E-state index contributed by atoms with van der Waals surface area (Å²) >= 11 is 0. The number of amides is 3. The third-order valence-corrected chi connectivity index (χ3v) is 8.90. The minimum atomic E-state index is -1.11. The van der Waals surface area contributed by atoms with Crippen LogP contribution in [0.3, 0.4) is 0 Å². The fourth-order valence-electron chi connectivity index (χ4n) is 7.20. The van der Waals surface area contributed by atoms with Gasteiger partial charge in [-0.2, -0.15) is 0 Å². The smallest absolute Gasteiger partial charge is 0.246 e. The zero-order valence-corrected chi connectivity index (χ0v) is 20.7. The lowest BCUT2D eigenvalue weighted by atomic mass is 9.74. The summed E-state index contributed by atoms with van der Waals surface area (Å²) in [6, 6.07) is 3.19. The molecule has 1 aromatic heterocycles. The Labute approximate surface area is 212 Å². The Kier molecular flexibility index (Phi) is 6.32. The fourth-order valence-corrected chi connectivity index (χ4v) is 7.20. The zero-order valence-electron chi connectivity index (χ0n) is 20.7. The van der Waals surface area contributed by atoms with Gasteiger partial charge in [-0.15, -0.1) is 0 Å². The number of aromatic nitrogens is 1. The molecule has 2 aliphatic carbocycles. The van der Waals surface area contributed by atoms with Gasteiger partial charge >= 0.3 is 0 Å². The topological polar surface area (TPSA) is 101 Å². The van der Waals surface area contributed by atoms with Crippen LogP contribution in [0.25, 0.3) is 0 Å². The number of hydrogen-bond donors (Lipinski definition) is 2. The highest BCUT2D eigenvalue weighted by atomic mass is 16.5. The Hall–Kier alpha value is -2.74. The van der Waals surface area contributed by atoms with Crippen molar-refractivity contribution in [2.75, 3.05) is 0 Å². The van der Waals surface area contributed by atoms with Gasteiger partial charge in [0.1, 0.15) is 11.6 Å². The number of rotatable bonds is 6. The van der Waals surface area contributed by atoms with Gasteiger partial charge in [-0.1, -0.05) is 56.7 Å². The van der Waals surface area contributed by atoms with Crippen LogP contribution in [0.2, 0.25) is 0 Å². The van der Waals surface area contributed by atoms with E-state index in [1.165, 1.54) is 12.8 Å². The molecule has 2 bridgehead atoms. The Bertz CT molecular complexity index is 1030. The van der Waals surface area contributed by atoms with E-state index < -0.39 is 29.6 Å². The lowest BCUT2D eigenvalue weighted by molar-refractivity contribution is -0.142. The Morgan fingerprint density at radius 1 is 1.00 bits per heavy atom. The molecule has 0 aromatic carbocycles. The molecule has 8 nitrogen and oxygen atoms in total. The first kappa shape index (κ1) is 23.6. The Balaban J connectivity index is 1.30. The third-order valence-electron chi connectivity index (χ3n) is 8.90. The summed E-state index contributed by atoms with van der Waals surface area (Å²) in [5.74, 6) is -1.80. The van der Waals surface area contributed by atoms with Crippen molar-refractivity contribution in [3.05, 3.63) is 42.2 Å². The van der Waals surface area contributed by atoms with E-state index in [4.69, 9.17) is 4.74 Å². The van der Waals surface area contributed by atoms with E-state index in [0.717, 1.165) is 56.9 Å². The molecule has 1 spiro atoms. The van der Waals surface area contributed by atoms with E-state index >= 15 is 0 Å². The van der Waals surface area contributed by atoms with Crippen LogP contribution in [-0.4, -0.2) is 57.4 Å². The summed E-state index contributed by atoms with van der Waals surface area (Å²) in [6.45, 7) is 0.256. The first-order chi connectivity index (χ1) is 17.6. The SMILES string of the molecule is O=C(NC1CCCCC1)[C@H]1[C@H]2C=C[C@@]3(O2)[C@H]1C(=O)N(Cc1cccnc1)[C@@H]3C(=O)NC1CCCCC1. The summed E-state index contributed by atoms with van der Waals surface area (Å²) < 4.78 is 6.46. The van der Waals surface area contributed by atoms with E-state index in [-0.39, 0.29) is 36.3 Å². The summed E-state index contributed by atoms with van der Waals surface area (Å²) in [6.07, 6.45) is 17.4. The molecule has 192 valence electrons. The minimum absolute atomic E-state index is 0.116. The van der Waals surface area contributed by atoms with Crippen molar-refractivity contribution in [3.63, 3.8) is 0 Å². The fraction of sp³-hybridized carbons (Fsp3) is 0.643. The van der Waals surface area contributed by atoms with Gasteiger partial charge < -0.3 is 20.3 Å². The molecular formula is C28H36N4O4. The lowest BCUT2D eigenvalue weighted by Gasteiger charge is -2.34. The van der Waals surface area contributed by atoms with Crippen molar-refractivity contribution >= 4 is 17.7 Å². The zero-order chi connectivity index (χ0) is 24.7. The first-order valence-corrected chi connectivity index (χ1v) is 13.7. The second kappa shape index (κ2) is 9.61. The van der Waals surface area contributed by atoms with Crippen LogP contribution in [0, 0.1) is 11.8 Å². The highest BCUT2D eigenvalue weighted by molar-refractivity contribution is 6.00. The van der Waals surface area contributed by atoms with Crippen LogP contribution in [0.1, 0.15) is 69.8 Å². The number of nitrogens with zero attached hydrogens (tertiary/aromatic N) is 2. The molecular weight excluding hydrogens is 456 g/mol. The molecule has 1 aromatic rings. The summed E-state index contributed by atoms with van der Waals surface area (Å²) in [5.41, 5.74) is -0.267. The van der Waals surface area contributed by atoms with Gasteiger partial charge in [0.05, 0.1) is 17.9 Å². The van der Waals surface area contributed by atoms with Crippen molar-refractivity contribution in [2.24, 2.45) is 11.8 Å². The van der Waals surface area contributed by atoms with Gasteiger partial charge in [0.25, 0.3) is 0 Å². The maximum Gasteiger partial charge on any atom is 0.246 e. The van der Waals surface area contributed by atoms with Crippen LogP contribution < -0.4 is 10.6 Å². The molecule has 2 N–H and O–H groups in total. The van der Waals surface area contributed by atoms with E-state index in [1.54, 1.807) is 17.3 Å². The average molecular weight is 493 g/mol. The quantitative estimate of drug-likeness (QED) is 0.595. The number of pyridine rings is 1. The van der Waals surface area contributed by atoms with E-state index in [0.29, 0.717) is 0 Å². The number of hydrogen-bond acceptors (Lipinski definition) is 5. The lowest BCUT2D eigenvalue weighted by Crippen LogP contribution is -2.56. The van der Waals surface area contributed by atoms with Crippen molar-refractivity contribution in [2.45, 2.75) is 101 Å². The third kappa shape index (κ3) is 4.03. The predicted octanol–water partition coefficient (Wildman–Crippen LogP) is 2.63. The summed E-state index contributed by atoms with van der Waals surface area (Å²) in [7, 11) is 0. The van der Waals surface area contributed by atoms with Crippen molar-refractivity contribution in [1.82, 2.24) is 20.5 Å². The van der Waals surface area contributed by atoms with Crippen molar-refractivity contribution in [3.8, 4) is 0 Å². The molecule has 5 aliphatic rings. The van der Waals surface area contributed by atoms with Crippen LogP contribution in [-0.2, 0) is 25.7 Å². The molecule has 5 atom stereocenters. The minimum Gasteiger partial charge on any atom is -0.359 e. The number of fused-ring (bicyclic) bond motifs is 1. The monoisotopic (exact) mass is 492 g/mol. The second-order valence-corrected chi connectivity index (χ2v) is 11.2. The van der Waals surface area contributed by atoms with Gasteiger partial charge in [-0.3, -0.25) is 19.4 Å². The highest BCUT2D eigenvalue weighted by Gasteiger charge is 2.72. The Morgan fingerprint density at radius 3 is 2.31 bits per heavy atom. The maximum absolute atomic E-state index is 14.0. The van der Waals surface area contributed by atoms with Gasteiger partial charge in [0, 0.05) is 31.0 Å². The predicted molar refractivity (Wildman–Crippen MR) is 132 cm³/mol. The molecule has 3 aliphatic heterocycles. The molecule has 3 amide bonds. The molecule has 4 heterocycles. The Morgan fingerprint density at radius 2 is 1.67 bits per heavy atom. The van der Waals surface area contributed by atoms with Crippen molar-refractivity contribution < 1.29 is 19.1 Å². The number of carbonyl (C=O) groups is 3. The van der Waals surface area contributed by atoms with E-state index in [9.17, 15) is 14.4 Å². The van der Waals surface area contributed by atoms with Crippen LogP contribution in [0.15, 0.2) is 36.7 Å². The maximum atomic E-state index is 14.0. The molecule has 8 heteroatoms. The standard InChI is InChI=1S/C28H36N4O4/c33-25(30-19-9-3-1-4-10-19)22-21-13-14-28(36-21)23(22)27(35)32(17-18-8-7-15-29-16-18)24(28)26(34)31-20-11-5-2-6-12-20/h7-8,13-16,19-24H,1-6,9-12,17H2,(H,30,33)(H,31,34)/t21-,22+,23-,24-,28-/m1/s1. The van der Waals surface area contributed by atoms with Gasteiger partial charge in [-0.05, 0) is 37.3 Å². The average Bonchev–Trinajstić information content (AvgIpc) is 3.53. The summed E-state index contributed by atoms with van der Waals surface area (Å²) in [5, 5.41) is 6.45. The molecule has 2 saturated carbocycles. The van der Waals surface area contributed by atoms with E-state index in [2.05, 4.69) is 15.6 Å². The normalized spacial score (nSPS) is 34.1. The van der Waals surface area contributed by atoms with Gasteiger partial charge in [0.15, 0.2) is 0 Å². The largest absolute Gasteiger partial charge is 0.359 e. The molecule has 4 fully saturated rings. The second-order valence-electron chi connectivity index (χ2n) is 11.2. The number of ether oxygens (including phenoxy) is 1. The molecule has 36 heavy (non-hydrogen) atoms. The van der Waals surface area contributed by atoms with E-state index in [1.807, 2.05) is 24.3 Å². The number of carbonyl (C=O) groups excluding carboxylic acids is 3. The van der Waals surface area contributed by atoms with Crippen molar-refractivity contribution in [1.29, 1.82) is 0 Å². The van der Waals surface area contributed by atoms with Gasteiger partial charge in [0.2, 0.25) is 17.7 Å². The van der Waals surface area contributed by atoms with Crippen LogP contribution in [0.4, 0.5) is 0 Å². The molecule has 0 radical (unpaired) electrons. The van der Waals surface area contributed by atoms with Gasteiger partial charge in [-0.25, -0.2) is 0 Å². The molecule has 0 unspecified atom stereocenters. The molecule has 2 saturated heterocycles. The first-order valence-electron chi connectivity index (χ1n) is 13.7. The number of likely N-dealkylation sites (tertiary alicyclic amines) is 1. The number of nitrogens with one attached hydrogen (secondary N) is 2. The highest BCUT2D eigenvalue weighted by Crippen LogP contribution is 2.55. The summed E-state index contributed by atoms with van der Waals surface area (Å²) in [4.78, 5) is 47.2. The molecule has 6 rings (SSSR count). The van der Waals surface area contributed by atoms with Crippen LogP contribution in [0.5, 0.6) is 0 Å². The van der Waals surface area contributed by atoms with Crippen LogP contribution >= 0.6 is 0 Å².